The fourth-order valence-electron chi connectivity index (χ4n) is 7.04. The number of benzene rings is 5. The Morgan fingerprint density at radius 2 is 1.22 bits per heavy atom. The van der Waals surface area contributed by atoms with Crippen LogP contribution < -0.4 is 0 Å². The molecule has 0 aliphatic carbocycles. The lowest BCUT2D eigenvalue weighted by Crippen LogP contribution is -2.39. The Morgan fingerprint density at radius 3 is 1.80 bits per heavy atom. The molecule has 5 aromatic carbocycles. The van der Waals surface area contributed by atoms with Crippen molar-refractivity contribution in [2.75, 3.05) is 0 Å². The van der Waals surface area contributed by atoms with Gasteiger partial charge in [-0.15, -0.1) is 15.0 Å². The van der Waals surface area contributed by atoms with Gasteiger partial charge in [-0.25, -0.2) is 4.98 Å². The molecule has 50 heavy (non-hydrogen) atoms. The summed E-state index contributed by atoms with van der Waals surface area (Å²) in [4.78, 5) is 6.33. The molecule has 6 nitrogen and oxygen atoms in total. The molecule has 0 amide bonds. The third-order valence-electron chi connectivity index (χ3n) is 9.54. The number of rotatable bonds is 9. The maximum absolute atomic E-state index is 6.56. The Morgan fingerprint density at radius 1 is 0.660 bits per heavy atom. The van der Waals surface area contributed by atoms with Crippen molar-refractivity contribution in [3.8, 4) is 22.5 Å². The second-order valence-corrected chi connectivity index (χ2v) is 12.9. The highest BCUT2D eigenvalue weighted by atomic mass is 35.5. The minimum Gasteiger partial charge on any atom is -0.340 e. The van der Waals surface area contributed by atoms with E-state index >= 15 is 0 Å². The van der Waals surface area contributed by atoms with Gasteiger partial charge in [-0.05, 0) is 64.1 Å². The SMILES string of the molecule is CCc1cc2c(cc(C)n2Cc2ccc(-c3ccccc3-c3nnn(C(c4ccccc4)(c4ccccc4)c4ccccc4)n3)cc2)c(Cl)n1. The highest BCUT2D eigenvalue weighted by Gasteiger charge is 2.41. The Bertz CT molecular complexity index is 2300. The summed E-state index contributed by atoms with van der Waals surface area (Å²) in [6, 6.07) is 52.5. The fourth-order valence-corrected chi connectivity index (χ4v) is 7.30. The Hall–Kier alpha value is -5.85. The largest absolute Gasteiger partial charge is 0.340 e. The minimum absolute atomic E-state index is 0.559. The molecule has 0 N–H and O–H groups in total. The molecule has 0 atom stereocenters. The van der Waals surface area contributed by atoms with Crippen molar-refractivity contribution in [3.05, 3.63) is 190 Å². The van der Waals surface area contributed by atoms with Crippen LogP contribution in [0.2, 0.25) is 5.15 Å². The predicted molar refractivity (Wildman–Crippen MR) is 201 cm³/mol. The molecule has 244 valence electrons. The van der Waals surface area contributed by atoms with Gasteiger partial charge >= 0.3 is 0 Å². The topological polar surface area (TPSA) is 61.4 Å². The first-order chi connectivity index (χ1) is 24.6. The van der Waals surface area contributed by atoms with E-state index in [-0.39, 0.29) is 0 Å². The zero-order valence-electron chi connectivity index (χ0n) is 27.9. The molecule has 3 heterocycles. The highest BCUT2D eigenvalue weighted by Crippen LogP contribution is 2.40. The molecule has 8 rings (SSSR count). The number of hydrogen-bond donors (Lipinski definition) is 0. The van der Waals surface area contributed by atoms with Crippen molar-refractivity contribution < 1.29 is 0 Å². The maximum Gasteiger partial charge on any atom is 0.205 e. The van der Waals surface area contributed by atoms with E-state index in [2.05, 4.69) is 151 Å². The first kappa shape index (κ1) is 31.4. The lowest BCUT2D eigenvalue weighted by Gasteiger charge is -2.34. The number of halogens is 1. The van der Waals surface area contributed by atoms with Crippen LogP contribution in [0.1, 0.15) is 40.6 Å². The van der Waals surface area contributed by atoms with Gasteiger partial charge < -0.3 is 4.57 Å². The van der Waals surface area contributed by atoms with E-state index in [1.54, 1.807) is 4.80 Å². The molecule has 0 bridgehead atoms. The molecule has 0 aliphatic rings. The number of aromatic nitrogens is 6. The zero-order valence-corrected chi connectivity index (χ0v) is 28.7. The number of aryl methyl sites for hydroxylation is 2. The lowest BCUT2D eigenvalue weighted by molar-refractivity contribution is 0.396. The molecule has 0 fully saturated rings. The van der Waals surface area contributed by atoms with E-state index in [0.29, 0.717) is 11.0 Å². The van der Waals surface area contributed by atoms with E-state index in [1.165, 1.54) is 5.56 Å². The molecule has 0 unspecified atom stereocenters. The molecule has 3 aromatic heterocycles. The van der Waals surface area contributed by atoms with Gasteiger partial charge in [0.25, 0.3) is 0 Å². The van der Waals surface area contributed by atoms with Crippen LogP contribution in [-0.4, -0.2) is 29.8 Å². The monoisotopic (exact) mass is 670 g/mol. The average Bonchev–Trinajstić information content (AvgIpc) is 3.79. The van der Waals surface area contributed by atoms with Crippen molar-refractivity contribution in [1.82, 2.24) is 29.8 Å². The molecule has 0 aliphatic heterocycles. The van der Waals surface area contributed by atoms with Crippen molar-refractivity contribution in [2.24, 2.45) is 0 Å². The average molecular weight is 671 g/mol. The number of nitrogens with zero attached hydrogens (tertiary/aromatic N) is 6. The van der Waals surface area contributed by atoms with Gasteiger partial charge in [0.05, 0.1) is 5.52 Å². The highest BCUT2D eigenvalue weighted by molar-refractivity contribution is 6.34. The first-order valence-corrected chi connectivity index (χ1v) is 17.2. The zero-order chi connectivity index (χ0) is 34.1. The van der Waals surface area contributed by atoms with Crippen molar-refractivity contribution >= 4 is 22.5 Å². The summed E-state index contributed by atoms with van der Waals surface area (Å²) in [6.45, 7) is 4.95. The number of tetrazole rings is 1. The summed E-state index contributed by atoms with van der Waals surface area (Å²) in [5, 5.41) is 16.2. The maximum atomic E-state index is 6.56. The van der Waals surface area contributed by atoms with E-state index < -0.39 is 5.54 Å². The van der Waals surface area contributed by atoms with Gasteiger partial charge in [-0.3, -0.25) is 0 Å². The van der Waals surface area contributed by atoms with Gasteiger partial charge in [0.15, 0.2) is 5.54 Å². The van der Waals surface area contributed by atoms with Gasteiger partial charge in [0.2, 0.25) is 5.82 Å². The van der Waals surface area contributed by atoms with Crippen LogP contribution >= 0.6 is 11.6 Å². The van der Waals surface area contributed by atoms with Gasteiger partial charge in [-0.1, -0.05) is 158 Å². The van der Waals surface area contributed by atoms with E-state index in [4.69, 9.17) is 27.0 Å². The van der Waals surface area contributed by atoms with Crippen LogP contribution in [0.25, 0.3) is 33.4 Å². The molecule has 0 saturated heterocycles. The molecule has 0 saturated carbocycles. The van der Waals surface area contributed by atoms with Crippen molar-refractivity contribution in [1.29, 1.82) is 0 Å². The van der Waals surface area contributed by atoms with Crippen LogP contribution in [0, 0.1) is 6.92 Å². The summed E-state index contributed by atoms with van der Waals surface area (Å²) < 4.78 is 2.31. The summed E-state index contributed by atoms with van der Waals surface area (Å²) in [7, 11) is 0. The van der Waals surface area contributed by atoms with Crippen LogP contribution in [0.4, 0.5) is 0 Å². The normalized spacial score (nSPS) is 11.7. The summed E-state index contributed by atoms with van der Waals surface area (Å²) >= 11 is 6.56. The first-order valence-electron chi connectivity index (χ1n) is 16.9. The van der Waals surface area contributed by atoms with E-state index in [0.717, 1.165) is 68.6 Å². The summed E-state index contributed by atoms with van der Waals surface area (Å²) in [5.41, 5.74) is 9.76. The van der Waals surface area contributed by atoms with E-state index in [9.17, 15) is 0 Å². The summed E-state index contributed by atoms with van der Waals surface area (Å²) in [6.07, 6.45) is 0.836. The predicted octanol–water partition coefficient (Wildman–Crippen LogP) is 9.77. The van der Waals surface area contributed by atoms with Gasteiger partial charge in [-0.2, -0.15) is 0 Å². The molecular formula is C43H35ClN6. The van der Waals surface area contributed by atoms with Crippen LogP contribution in [0.3, 0.4) is 0 Å². The van der Waals surface area contributed by atoms with Crippen molar-refractivity contribution in [3.63, 3.8) is 0 Å². The van der Waals surface area contributed by atoms with E-state index in [1.807, 2.05) is 24.3 Å². The lowest BCUT2D eigenvalue weighted by atomic mass is 9.77. The second-order valence-electron chi connectivity index (χ2n) is 12.5. The molecule has 0 radical (unpaired) electrons. The second kappa shape index (κ2) is 13.2. The summed E-state index contributed by atoms with van der Waals surface area (Å²) in [5.74, 6) is 0.559. The van der Waals surface area contributed by atoms with Crippen LogP contribution in [0.5, 0.6) is 0 Å². The van der Waals surface area contributed by atoms with Crippen molar-refractivity contribution in [2.45, 2.75) is 32.4 Å². The molecule has 8 aromatic rings. The van der Waals surface area contributed by atoms with Gasteiger partial charge in [0.1, 0.15) is 5.15 Å². The molecule has 7 heteroatoms. The fraction of sp³-hybridized carbons (Fsp3) is 0.116. The Kier molecular flexibility index (Phi) is 8.31. The third kappa shape index (κ3) is 5.48. The molecule has 0 spiro atoms. The minimum atomic E-state index is -0.843. The quantitative estimate of drug-likeness (QED) is 0.113. The Balaban J connectivity index is 1.18. The molecular weight excluding hydrogens is 636 g/mol. The smallest absolute Gasteiger partial charge is 0.205 e. The number of hydrogen-bond acceptors (Lipinski definition) is 4. The number of fused-ring (bicyclic) bond motifs is 1. The third-order valence-corrected chi connectivity index (χ3v) is 9.83. The number of pyridine rings is 1. The van der Waals surface area contributed by atoms with Crippen LogP contribution in [0.15, 0.2) is 152 Å². The standard InChI is InChI=1S/C43H35ClN6/c1-3-36-28-40-39(41(44)45-36)27-30(2)49(40)29-31-23-25-32(26-24-31)37-21-13-14-22-38(37)42-46-48-50(47-42)43(33-15-7-4-8-16-33,34-17-9-5-10-18-34)35-19-11-6-12-20-35/h4-28H,3,29H2,1-2H3. The Labute approximate surface area is 296 Å². The van der Waals surface area contributed by atoms with Crippen LogP contribution in [-0.2, 0) is 18.5 Å². The van der Waals surface area contributed by atoms with Gasteiger partial charge in [0, 0.05) is 28.9 Å².